The van der Waals surface area contributed by atoms with Gasteiger partial charge in [0.15, 0.2) is 0 Å². The van der Waals surface area contributed by atoms with Crippen LogP contribution in [-0.2, 0) is 10.4 Å². The van der Waals surface area contributed by atoms with Crippen LogP contribution in [0.15, 0.2) is 97.1 Å². The molecule has 0 radical (unpaired) electrons. The number of hydrogen-bond donors (Lipinski definition) is 4. The zero-order valence-electron chi connectivity index (χ0n) is 13.3. The molecule has 3 rings (SSSR count). The standard InChI is InChI=1S/2C6H6O.C6H6.H2O4S/c2*7-6-4-2-1-3-5-6;1-2-4-6-5-3-1;1-5(2,3)4/h2*1-5,7H;1-6H;(H2,1,2,3,4). The highest BCUT2D eigenvalue weighted by Crippen LogP contribution is 2.03. The third-order valence-electron chi connectivity index (χ3n) is 2.18. The van der Waals surface area contributed by atoms with Crippen LogP contribution in [0.1, 0.15) is 0 Å². The number of aromatic hydroxyl groups is 2. The molecule has 0 fully saturated rings. The minimum Gasteiger partial charge on any atom is -0.508 e. The van der Waals surface area contributed by atoms with E-state index in [0.717, 1.165) is 0 Å². The Kier molecular flexibility index (Phi) is 12.0. The molecule has 3 aromatic carbocycles. The molecule has 6 nitrogen and oxygen atoms in total. The smallest absolute Gasteiger partial charge is 0.394 e. The maximum Gasteiger partial charge on any atom is 0.394 e. The van der Waals surface area contributed by atoms with Crippen LogP contribution >= 0.6 is 0 Å². The van der Waals surface area contributed by atoms with Crippen molar-refractivity contribution in [1.29, 1.82) is 0 Å². The first-order chi connectivity index (χ1) is 11.8. The van der Waals surface area contributed by atoms with Crippen molar-refractivity contribution in [3.8, 4) is 11.5 Å². The molecule has 0 heterocycles. The number of phenols is 2. The van der Waals surface area contributed by atoms with E-state index in [0.29, 0.717) is 11.5 Å². The lowest BCUT2D eigenvalue weighted by Gasteiger charge is -1.82. The highest BCUT2D eigenvalue weighted by Gasteiger charge is 1.84. The first-order valence-electron chi connectivity index (χ1n) is 6.97. The van der Waals surface area contributed by atoms with Gasteiger partial charge in [-0.2, -0.15) is 8.42 Å². The average Bonchev–Trinajstić information content (AvgIpc) is 2.58. The van der Waals surface area contributed by atoms with Gasteiger partial charge in [0.1, 0.15) is 11.5 Å². The number of benzene rings is 3. The van der Waals surface area contributed by atoms with Crippen LogP contribution in [-0.4, -0.2) is 27.7 Å². The minimum atomic E-state index is -4.67. The van der Waals surface area contributed by atoms with E-state index in [1.165, 1.54) is 0 Å². The van der Waals surface area contributed by atoms with E-state index in [1.807, 2.05) is 48.5 Å². The highest BCUT2D eigenvalue weighted by molar-refractivity contribution is 7.79. The second-order valence-corrected chi connectivity index (χ2v) is 5.17. The first kappa shape index (κ1) is 22.1. The molecule has 7 heteroatoms. The Labute approximate surface area is 147 Å². The van der Waals surface area contributed by atoms with Gasteiger partial charge in [-0.3, -0.25) is 9.11 Å². The van der Waals surface area contributed by atoms with Gasteiger partial charge in [-0.15, -0.1) is 0 Å². The van der Waals surface area contributed by atoms with Crippen molar-refractivity contribution in [3.63, 3.8) is 0 Å². The van der Waals surface area contributed by atoms with E-state index in [9.17, 15) is 0 Å². The van der Waals surface area contributed by atoms with Crippen LogP contribution in [0.25, 0.3) is 0 Å². The summed E-state index contributed by atoms with van der Waals surface area (Å²) in [6.45, 7) is 0. The molecule has 0 aromatic heterocycles. The summed E-state index contributed by atoms with van der Waals surface area (Å²) in [5.41, 5.74) is 0. The van der Waals surface area contributed by atoms with E-state index >= 15 is 0 Å². The number of rotatable bonds is 0. The van der Waals surface area contributed by atoms with E-state index < -0.39 is 10.4 Å². The predicted octanol–water partition coefficient (Wildman–Crippen LogP) is 3.82. The molecular formula is C18H20O6S. The Hall–Kier alpha value is -2.87. The van der Waals surface area contributed by atoms with Gasteiger partial charge >= 0.3 is 10.4 Å². The van der Waals surface area contributed by atoms with Crippen molar-refractivity contribution in [1.82, 2.24) is 0 Å². The quantitative estimate of drug-likeness (QED) is 0.451. The van der Waals surface area contributed by atoms with Crippen molar-refractivity contribution in [2.45, 2.75) is 0 Å². The van der Waals surface area contributed by atoms with E-state index in [-0.39, 0.29) is 0 Å². The maximum absolute atomic E-state index is 8.74. The van der Waals surface area contributed by atoms with E-state index in [1.54, 1.807) is 48.5 Å². The fraction of sp³-hybridized carbons (Fsp3) is 0. The second-order valence-electron chi connectivity index (χ2n) is 4.27. The predicted molar refractivity (Wildman–Crippen MR) is 96.8 cm³/mol. The molecule has 0 aliphatic rings. The van der Waals surface area contributed by atoms with Crippen LogP contribution in [0, 0.1) is 0 Å². The molecule has 0 bridgehead atoms. The second kappa shape index (κ2) is 13.6. The van der Waals surface area contributed by atoms with Gasteiger partial charge in [-0.1, -0.05) is 72.8 Å². The van der Waals surface area contributed by atoms with Gasteiger partial charge < -0.3 is 10.2 Å². The highest BCUT2D eigenvalue weighted by atomic mass is 32.3. The Balaban J connectivity index is 0.000000310. The van der Waals surface area contributed by atoms with Crippen LogP contribution in [0.3, 0.4) is 0 Å². The van der Waals surface area contributed by atoms with Crippen LogP contribution in [0.5, 0.6) is 11.5 Å². The van der Waals surface area contributed by atoms with Gasteiger partial charge in [0.2, 0.25) is 0 Å². The van der Waals surface area contributed by atoms with Crippen LogP contribution in [0.4, 0.5) is 0 Å². The lowest BCUT2D eigenvalue weighted by molar-refractivity contribution is 0.381. The van der Waals surface area contributed by atoms with Crippen molar-refractivity contribution in [2.75, 3.05) is 0 Å². The van der Waals surface area contributed by atoms with Gasteiger partial charge in [0.25, 0.3) is 0 Å². The lowest BCUT2D eigenvalue weighted by Crippen LogP contribution is -1.89. The topological polar surface area (TPSA) is 115 Å². The molecule has 0 amide bonds. The minimum absolute atomic E-state index is 0.322. The zero-order chi connectivity index (χ0) is 19.0. The first-order valence-corrected chi connectivity index (χ1v) is 8.36. The molecule has 134 valence electrons. The summed E-state index contributed by atoms with van der Waals surface area (Å²) in [6, 6.07) is 29.4. The third kappa shape index (κ3) is 21.1. The molecule has 4 N–H and O–H groups in total. The normalized spacial score (nSPS) is 9.04. The summed E-state index contributed by atoms with van der Waals surface area (Å²) < 4.78 is 31.6. The average molecular weight is 364 g/mol. The molecule has 0 atom stereocenters. The Morgan fingerprint density at radius 1 is 0.480 bits per heavy atom. The van der Waals surface area contributed by atoms with Gasteiger partial charge in [0.05, 0.1) is 0 Å². The van der Waals surface area contributed by atoms with E-state index in [2.05, 4.69) is 0 Å². The Morgan fingerprint density at radius 2 is 0.640 bits per heavy atom. The summed E-state index contributed by atoms with van der Waals surface area (Å²) in [6.07, 6.45) is 0. The fourth-order valence-corrected chi connectivity index (χ4v) is 1.24. The molecule has 0 spiro atoms. The van der Waals surface area contributed by atoms with Gasteiger partial charge in [-0.25, -0.2) is 0 Å². The van der Waals surface area contributed by atoms with Crippen molar-refractivity contribution in [3.05, 3.63) is 97.1 Å². The van der Waals surface area contributed by atoms with Crippen LogP contribution in [0.2, 0.25) is 0 Å². The monoisotopic (exact) mass is 364 g/mol. The molecular weight excluding hydrogens is 344 g/mol. The molecule has 0 aliphatic carbocycles. The fourth-order valence-electron chi connectivity index (χ4n) is 1.24. The van der Waals surface area contributed by atoms with Crippen molar-refractivity contribution in [2.24, 2.45) is 0 Å². The maximum atomic E-state index is 8.74. The Morgan fingerprint density at radius 3 is 0.760 bits per heavy atom. The van der Waals surface area contributed by atoms with Crippen molar-refractivity contribution < 1.29 is 27.7 Å². The summed E-state index contributed by atoms with van der Waals surface area (Å²) in [4.78, 5) is 0. The van der Waals surface area contributed by atoms with Crippen LogP contribution < -0.4 is 0 Å². The SMILES string of the molecule is O=S(=O)(O)O.Oc1ccccc1.Oc1ccccc1.c1ccccc1. The van der Waals surface area contributed by atoms with Gasteiger partial charge in [-0.05, 0) is 24.3 Å². The molecule has 0 aliphatic heterocycles. The number of para-hydroxylation sites is 2. The molecule has 25 heavy (non-hydrogen) atoms. The molecule has 0 saturated heterocycles. The molecule has 3 aromatic rings. The van der Waals surface area contributed by atoms with Crippen molar-refractivity contribution >= 4 is 10.4 Å². The third-order valence-corrected chi connectivity index (χ3v) is 2.18. The number of hydrogen-bond acceptors (Lipinski definition) is 4. The largest absolute Gasteiger partial charge is 0.508 e. The summed E-state index contributed by atoms with van der Waals surface area (Å²) >= 11 is 0. The molecule has 0 saturated carbocycles. The van der Waals surface area contributed by atoms with Gasteiger partial charge in [0, 0.05) is 0 Å². The summed E-state index contributed by atoms with van der Waals surface area (Å²) in [5, 5.41) is 17.3. The summed E-state index contributed by atoms with van der Waals surface area (Å²) in [7, 11) is -4.67. The number of phenolic OH excluding ortho intramolecular Hbond substituents is 2. The Bertz CT molecular complexity index is 675. The van der Waals surface area contributed by atoms with E-state index in [4.69, 9.17) is 27.7 Å². The molecule has 0 unspecified atom stereocenters. The lowest BCUT2D eigenvalue weighted by atomic mass is 10.3. The summed E-state index contributed by atoms with van der Waals surface area (Å²) in [5.74, 6) is 0.644. The zero-order valence-corrected chi connectivity index (χ0v) is 14.1.